The fourth-order valence-electron chi connectivity index (χ4n) is 1.86. The number of carbonyl (C=O) groups is 1. The van der Waals surface area contributed by atoms with E-state index in [4.69, 9.17) is 10.8 Å². The summed E-state index contributed by atoms with van der Waals surface area (Å²) in [5.74, 6) is 0.253. The second-order valence-corrected chi connectivity index (χ2v) is 5.34. The van der Waals surface area contributed by atoms with Crippen molar-refractivity contribution in [2.75, 3.05) is 11.1 Å². The molecule has 0 saturated carbocycles. The van der Waals surface area contributed by atoms with E-state index < -0.39 is 5.97 Å². The first-order valence-corrected chi connectivity index (χ1v) is 6.65. The van der Waals surface area contributed by atoms with E-state index in [0.29, 0.717) is 17.4 Å². The van der Waals surface area contributed by atoms with Gasteiger partial charge in [0.25, 0.3) is 0 Å². The molecule has 0 aliphatic rings. The van der Waals surface area contributed by atoms with Crippen LogP contribution in [0.15, 0.2) is 12.3 Å². The first-order chi connectivity index (χ1) is 8.90. The second-order valence-electron chi connectivity index (χ2n) is 5.34. The number of hydrogen-bond acceptors (Lipinski definition) is 4. The molecule has 0 aliphatic heterocycles. The molecule has 0 radical (unpaired) electrons. The molecule has 5 nitrogen and oxygen atoms in total. The van der Waals surface area contributed by atoms with Gasteiger partial charge in [0.15, 0.2) is 0 Å². The molecule has 1 rings (SSSR count). The molecule has 1 atom stereocenters. The molecule has 1 heterocycles. The lowest BCUT2D eigenvalue weighted by Crippen LogP contribution is -2.17. The van der Waals surface area contributed by atoms with Crippen molar-refractivity contribution in [2.45, 2.75) is 46.1 Å². The monoisotopic (exact) mass is 265 g/mol. The van der Waals surface area contributed by atoms with E-state index in [9.17, 15) is 4.79 Å². The minimum atomic E-state index is -1.02. The molecule has 4 N–H and O–H groups in total. The average molecular weight is 265 g/mol. The lowest BCUT2D eigenvalue weighted by molar-refractivity contribution is 0.0696. The van der Waals surface area contributed by atoms with Crippen LogP contribution in [0.2, 0.25) is 0 Å². The summed E-state index contributed by atoms with van der Waals surface area (Å²) in [4.78, 5) is 14.8. The van der Waals surface area contributed by atoms with Gasteiger partial charge in [0.1, 0.15) is 5.82 Å². The van der Waals surface area contributed by atoms with Crippen LogP contribution in [0.5, 0.6) is 0 Å². The van der Waals surface area contributed by atoms with Gasteiger partial charge in [-0.1, -0.05) is 26.7 Å². The zero-order chi connectivity index (χ0) is 14.4. The number of carboxylic acids is 1. The van der Waals surface area contributed by atoms with Gasteiger partial charge in [-0.3, -0.25) is 0 Å². The molecule has 0 spiro atoms. The van der Waals surface area contributed by atoms with Crippen molar-refractivity contribution in [2.24, 2.45) is 5.92 Å². The van der Waals surface area contributed by atoms with Crippen molar-refractivity contribution in [3.63, 3.8) is 0 Å². The Kier molecular flexibility index (Phi) is 5.60. The maximum absolute atomic E-state index is 10.8. The minimum absolute atomic E-state index is 0.107. The highest BCUT2D eigenvalue weighted by molar-refractivity contribution is 5.89. The van der Waals surface area contributed by atoms with Gasteiger partial charge >= 0.3 is 5.97 Å². The number of nitrogen functional groups attached to an aromatic ring is 1. The van der Waals surface area contributed by atoms with Crippen LogP contribution in [-0.2, 0) is 0 Å². The molecule has 0 saturated heterocycles. The molecule has 0 amide bonds. The van der Waals surface area contributed by atoms with E-state index >= 15 is 0 Å². The predicted octanol–water partition coefficient (Wildman–Crippen LogP) is 2.99. The van der Waals surface area contributed by atoms with E-state index in [-0.39, 0.29) is 11.6 Å². The standard InChI is InChI=1S/C14H23N3O2/c1-9(2)5-4-6-10(3)17-13-12(15)7-11(8-16-13)14(18)19/h7-10H,4-6,15H2,1-3H3,(H,16,17)(H,18,19). The van der Waals surface area contributed by atoms with Crippen LogP contribution >= 0.6 is 0 Å². The molecular formula is C14H23N3O2. The highest BCUT2D eigenvalue weighted by Crippen LogP contribution is 2.19. The van der Waals surface area contributed by atoms with E-state index in [1.807, 2.05) is 0 Å². The van der Waals surface area contributed by atoms with E-state index in [1.165, 1.54) is 18.7 Å². The van der Waals surface area contributed by atoms with Crippen LogP contribution in [0.1, 0.15) is 50.4 Å². The molecule has 5 heteroatoms. The topological polar surface area (TPSA) is 88.2 Å². The van der Waals surface area contributed by atoms with Gasteiger partial charge in [-0.25, -0.2) is 9.78 Å². The Balaban J connectivity index is 2.54. The van der Waals surface area contributed by atoms with Gasteiger partial charge in [0.05, 0.1) is 11.3 Å². The third kappa shape index (κ3) is 5.16. The van der Waals surface area contributed by atoms with Gasteiger partial charge in [-0.2, -0.15) is 0 Å². The molecular weight excluding hydrogens is 242 g/mol. The van der Waals surface area contributed by atoms with Crippen molar-refractivity contribution < 1.29 is 9.90 Å². The van der Waals surface area contributed by atoms with E-state index in [1.54, 1.807) is 0 Å². The average Bonchev–Trinajstić information content (AvgIpc) is 2.31. The Morgan fingerprint density at radius 3 is 2.63 bits per heavy atom. The highest BCUT2D eigenvalue weighted by Gasteiger charge is 2.10. The van der Waals surface area contributed by atoms with Crippen molar-refractivity contribution in [1.29, 1.82) is 0 Å². The maximum Gasteiger partial charge on any atom is 0.337 e. The Morgan fingerprint density at radius 1 is 1.42 bits per heavy atom. The van der Waals surface area contributed by atoms with Gasteiger partial charge in [-0.15, -0.1) is 0 Å². The van der Waals surface area contributed by atoms with Crippen LogP contribution in [0.4, 0.5) is 11.5 Å². The molecule has 106 valence electrons. The van der Waals surface area contributed by atoms with E-state index in [0.717, 1.165) is 12.8 Å². The van der Waals surface area contributed by atoms with Crippen molar-refractivity contribution in [3.05, 3.63) is 17.8 Å². The van der Waals surface area contributed by atoms with Crippen LogP contribution in [-0.4, -0.2) is 22.1 Å². The summed E-state index contributed by atoms with van der Waals surface area (Å²) in [6.45, 7) is 6.50. The van der Waals surface area contributed by atoms with Crippen LogP contribution < -0.4 is 11.1 Å². The number of pyridine rings is 1. The number of nitrogens with zero attached hydrogens (tertiary/aromatic N) is 1. The minimum Gasteiger partial charge on any atom is -0.478 e. The van der Waals surface area contributed by atoms with Crippen LogP contribution in [0, 0.1) is 5.92 Å². The lowest BCUT2D eigenvalue weighted by atomic mass is 10.0. The lowest BCUT2D eigenvalue weighted by Gasteiger charge is -2.16. The van der Waals surface area contributed by atoms with Crippen molar-refractivity contribution >= 4 is 17.5 Å². The number of aromatic carboxylic acids is 1. The molecule has 1 aromatic heterocycles. The summed E-state index contributed by atoms with van der Waals surface area (Å²) in [7, 11) is 0. The summed E-state index contributed by atoms with van der Waals surface area (Å²) in [5.41, 5.74) is 6.27. The summed E-state index contributed by atoms with van der Waals surface area (Å²) < 4.78 is 0. The number of carboxylic acid groups (broad SMARTS) is 1. The summed E-state index contributed by atoms with van der Waals surface area (Å²) in [6.07, 6.45) is 4.72. The smallest absolute Gasteiger partial charge is 0.337 e. The van der Waals surface area contributed by atoms with Crippen LogP contribution in [0.25, 0.3) is 0 Å². The number of anilines is 2. The molecule has 0 aliphatic carbocycles. The number of aromatic nitrogens is 1. The maximum atomic E-state index is 10.8. The van der Waals surface area contributed by atoms with Gasteiger partial charge in [0, 0.05) is 12.2 Å². The Morgan fingerprint density at radius 2 is 2.11 bits per heavy atom. The van der Waals surface area contributed by atoms with Crippen LogP contribution in [0.3, 0.4) is 0 Å². The summed E-state index contributed by atoms with van der Waals surface area (Å²) >= 11 is 0. The largest absolute Gasteiger partial charge is 0.478 e. The molecule has 0 aromatic carbocycles. The first kappa shape index (κ1) is 15.3. The Bertz CT molecular complexity index is 433. The predicted molar refractivity (Wildman–Crippen MR) is 77.4 cm³/mol. The summed E-state index contributed by atoms with van der Waals surface area (Å²) in [6, 6.07) is 1.70. The van der Waals surface area contributed by atoms with Gasteiger partial charge in [-0.05, 0) is 25.3 Å². The zero-order valence-electron chi connectivity index (χ0n) is 11.8. The Labute approximate surface area is 114 Å². The van der Waals surface area contributed by atoms with Crippen molar-refractivity contribution in [1.82, 2.24) is 4.98 Å². The van der Waals surface area contributed by atoms with E-state index in [2.05, 4.69) is 31.1 Å². The highest BCUT2D eigenvalue weighted by atomic mass is 16.4. The third-order valence-electron chi connectivity index (χ3n) is 2.97. The second kappa shape index (κ2) is 6.97. The summed E-state index contributed by atoms with van der Waals surface area (Å²) in [5, 5.41) is 12.1. The molecule has 1 aromatic rings. The molecule has 0 bridgehead atoms. The number of nitrogens with one attached hydrogen (secondary N) is 1. The first-order valence-electron chi connectivity index (χ1n) is 6.65. The number of nitrogens with two attached hydrogens (primary N) is 1. The third-order valence-corrected chi connectivity index (χ3v) is 2.97. The normalized spacial score (nSPS) is 12.4. The quantitative estimate of drug-likeness (QED) is 0.705. The van der Waals surface area contributed by atoms with Gasteiger partial charge in [0.2, 0.25) is 0 Å². The zero-order valence-corrected chi connectivity index (χ0v) is 11.8. The molecule has 19 heavy (non-hydrogen) atoms. The SMILES string of the molecule is CC(C)CCCC(C)Nc1ncc(C(=O)O)cc1N. The number of rotatable bonds is 7. The van der Waals surface area contributed by atoms with Crippen molar-refractivity contribution in [3.8, 4) is 0 Å². The van der Waals surface area contributed by atoms with Gasteiger partial charge < -0.3 is 16.2 Å². The molecule has 1 unspecified atom stereocenters. The fraction of sp³-hybridized carbons (Fsp3) is 0.571. The molecule has 0 fully saturated rings. The fourth-order valence-corrected chi connectivity index (χ4v) is 1.86. The number of hydrogen-bond donors (Lipinski definition) is 3. The Hall–Kier alpha value is -1.78.